The van der Waals surface area contributed by atoms with Crippen molar-refractivity contribution < 1.29 is 19.1 Å². The van der Waals surface area contributed by atoms with Crippen molar-refractivity contribution in [2.75, 3.05) is 20.2 Å². The van der Waals surface area contributed by atoms with E-state index in [0.717, 1.165) is 18.4 Å². The SMILES string of the molecule is COC(=O)[C@H](c1ccccc1)N1CCCCN1C(=O)OC(C)(C)C. The molecular weight excluding hydrogens is 308 g/mol. The van der Waals surface area contributed by atoms with E-state index in [9.17, 15) is 9.59 Å². The van der Waals surface area contributed by atoms with Gasteiger partial charge < -0.3 is 9.47 Å². The number of hydrogen-bond donors (Lipinski definition) is 0. The largest absolute Gasteiger partial charge is 0.468 e. The number of amides is 1. The van der Waals surface area contributed by atoms with E-state index in [4.69, 9.17) is 9.47 Å². The van der Waals surface area contributed by atoms with E-state index in [-0.39, 0.29) is 0 Å². The molecule has 0 bridgehead atoms. The Morgan fingerprint density at radius 1 is 1.08 bits per heavy atom. The van der Waals surface area contributed by atoms with Crippen molar-refractivity contribution in [2.45, 2.75) is 45.3 Å². The first-order valence-corrected chi connectivity index (χ1v) is 8.23. The zero-order chi connectivity index (χ0) is 17.7. The lowest BCUT2D eigenvalue weighted by Gasteiger charge is -2.42. The molecule has 0 radical (unpaired) electrons. The van der Waals surface area contributed by atoms with E-state index in [0.29, 0.717) is 13.1 Å². The normalized spacial score (nSPS) is 17.2. The molecular formula is C18H26N2O4. The van der Waals surface area contributed by atoms with Crippen molar-refractivity contribution in [1.82, 2.24) is 10.0 Å². The number of carbonyl (C=O) groups is 2. The number of rotatable bonds is 3. The molecule has 2 rings (SSSR count). The summed E-state index contributed by atoms with van der Waals surface area (Å²) in [4.78, 5) is 25.0. The highest BCUT2D eigenvalue weighted by Crippen LogP contribution is 2.28. The van der Waals surface area contributed by atoms with Crippen molar-refractivity contribution in [3.8, 4) is 0 Å². The zero-order valence-electron chi connectivity index (χ0n) is 14.8. The van der Waals surface area contributed by atoms with Crippen LogP contribution in [0.25, 0.3) is 0 Å². The number of nitrogens with zero attached hydrogens (tertiary/aromatic N) is 2. The molecule has 1 atom stereocenters. The van der Waals surface area contributed by atoms with E-state index < -0.39 is 23.7 Å². The van der Waals surface area contributed by atoms with Gasteiger partial charge in [-0.1, -0.05) is 30.3 Å². The molecule has 132 valence electrons. The number of carbonyl (C=O) groups excluding carboxylic acids is 2. The molecule has 1 aromatic carbocycles. The van der Waals surface area contributed by atoms with Crippen LogP contribution >= 0.6 is 0 Å². The van der Waals surface area contributed by atoms with Crippen molar-refractivity contribution >= 4 is 12.1 Å². The fourth-order valence-corrected chi connectivity index (χ4v) is 2.74. The van der Waals surface area contributed by atoms with Crippen LogP contribution in [0.4, 0.5) is 4.79 Å². The number of esters is 1. The fourth-order valence-electron chi connectivity index (χ4n) is 2.74. The zero-order valence-corrected chi connectivity index (χ0v) is 14.8. The highest BCUT2D eigenvalue weighted by Gasteiger charge is 2.38. The van der Waals surface area contributed by atoms with Gasteiger partial charge in [-0.05, 0) is 39.2 Å². The van der Waals surface area contributed by atoms with Gasteiger partial charge in [0.25, 0.3) is 0 Å². The third-order valence-corrected chi connectivity index (χ3v) is 3.76. The lowest BCUT2D eigenvalue weighted by molar-refractivity contribution is -0.159. The molecule has 1 aromatic rings. The minimum atomic E-state index is -0.663. The molecule has 1 saturated heterocycles. The second kappa shape index (κ2) is 7.66. The average molecular weight is 334 g/mol. The molecule has 1 amide bonds. The van der Waals surface area contributed by atoms with Crippen molar-refractivity contribution in [2.24, 2.45) is 0 Å². The average Bonchev–Trinajstić information content (AvgIpc) is 2.54. The summed E-state index contributed by atoms with van der Waals surface area (Å²) in [6.07, 6.45) is 1.34. The molecule has 0 N–H and O–H groups in total. The summed E-state index contributed by atoms with van der Waals surface area (Å²) in [5.41, 5.74) is 0.202. The predicted octanol–water partition coefficient (Wildman–Crippen LogP) is 3.15. The monoisotopic (exact) mass is 334 g/mol. The van der Waals surface area contributed by atoms with Crippen LogP contribution in [0, 0.1) is 0 Å². The number of benzene rings is 1. The number of methoxy groups -OCH3 is 1. The summed E-state index contributed by atoms with van der Waals surface area (Å²) in [5, 5.41) is 3.29. The van der Waals surface area contributed by atoms with E-state index in [2.05, 4.69) is 0 Å². The van der Waals surface area contributed by atoms with E-state index >= 15 is 0 Å². The van der Waals surface area contributed by atoms with Crippen LogP contribution in [-0.2, 0) is 14.3 Å². The molecule has 24 heavy (non-hydrogen) atoms. The van der Waals surface area contributed by atoms with E-state index in [1.54, 1.807) is 5.01 Å². The van der Waals surface area contributed by atoms with Gasteiger partial charge in [0.15, 0.2) is 6.04 Å². The lowest BCUT2D eigenvalue weighted by Crippen LogP contribution is -2.54. The van der Waals surface area contributed by atoms with Gasteiger partial charge in [0.2, 0.25) is 0 Å². The second-order valence-corrected chi connectivity index (χ2v) is 6.81. The molecule has 1 fully saturated rings. The highest BCUT2D eigenvalue weighted by atomic mass is 16.6. The summed E-state index contributed by atoms with van der Waals surface area (Å²) in [6.45, 7) is 6.60. The molecule has 1 heterocycles. The Morgan fingerprint density at radius 2 is 1.71 bits per heavy atom. The quantitative estimate of drug-likeness (QED) is 0.795. The minimum Gasteiger partial charge on any atom is -0.468 e. The van der Waals surface area contributed by atoms with Crippen molar-refractivity contribution in [3.63, 3.8) is 0 Å². The Labute approximate surface area is 143 Å². The van der Waals surface area contributed by atoms with Crippen LogP contribution in [0.3, 0.4) is 0 Å². The maximum Gasteiger partial charge on any atom is 0.425 e. The lowest BCUT2D eigenvalue weighted by atomic mass is 10.1. The van der Waals surface area contributed by atoms with Crippen LogP contribution in [0.1, 0.15) is 45.2 Å². The molecule has 1 aliphatic rings. The van der Waals surface area contributed by atoms with E-state index in [1.807, 2.05) is 51.1 Å². The molecule has 0 aliphatic carbocycles. The Hall–Kier alpha value is -2.08. The van der Waals surface area contributed by atoms with Gasteiger partial charge >= 0.3 is 12.1 Å². The van der Waals surface area contributed by atoms with Crippen molar-refractivity contribution in [1.29, 1.82) is 0 Å². The van der Waals surface area contributed by atoms with Crippen molar-refractivity contribution in [3.05, 3.63) is 35.9 Å². The molecule has 0 aromatic heterocycles. The maximum absolute atomic E-state index is 12.6. The van der Waals surface area contributed by atoms with Gasteiger partial charge in [0.1, 0.15) is 5.60 Å². The molecule has 1 aliphatic heterocycles. The number of hydrogen-bond acceptors (Lipinski definition) is 5. The summed E-state index contributed by atoms with van der Waals surface area (Å²) in [7, 11) is 1.36. The summed E-state index contributed by atoms with van der Waals surface area (Å²) in [5.74, 6) is -0.392. The molecule has 0 saturated carbocycles. The number of ether oxygens (including phenoxy) is 2. The number of hydrazine groups is 1. The van der Waals surface area contributed by atoms with Crippen LogP contribution in [0.15, 0.2) is 30.3 Å². The predicted molar refractivity (Wildman–Crippen MR) is 90.1 cm³/mol. The first-order valence-electron chi connectivity index (χ1n) is 8.23. The minimum absolute atomic E-state index is 0.392. The molecule has 6 nitrogen and oxygen atoms in total. The van der Waals surface area contributed by atoms with Gasteiger partial charge in [-0.25, -0.2) is 14.6 Å². The van der Waals surface area contributed by atoms with Crippen LogP contribution in [-0.4, -0.2) is 47.9 Å². The first-order chi connectivity index (χ1) is 11.3. The Kier molecular flexibility index (Phi) is 5.83. The summed E-state index contributed by atoms with van der Waals surface area (Å²) in [6, 6.07) is 8.69. The molecule has 0 spiro atoms. The smallest absolute Gasteiger partial charge is 0.425 e. The fraction of sp³-hybridized carbons (Fsp3) is 0.556. The van der Waals surface area contributed by atoms with Crippen LogP contribution < -0.4 is 0 Å². The Bertz CT molecular complexity index is 568. The van der Waals surface area contributed by atoms with Gasteiger partial charge in [0.05, 0.1) is 7.11 Å². The van der Waals surface area contributed by atoms with E-state index in [1.165, 1.54) is 12.1 Å². The Morgan fingerprint density at radius 3 is 2.29 bits per heavy atom. The summed E-state index contributed by atoms with van der Waals surface area (Å²) >= 11 is 0. The summed E-state index contributed by atoms with van der Waals surface area (Å²) < 4.78 is 10.5. The Balaban J connectivity index is 2.31. The molecule has 0 unspecified atom stereocenters. The third kappa shape index (κ3) is 4.47. The second-order valence-electron chi connectivity index (χ2n) is 6.81. The standard InChI is InChI=1S/C18H26N2O4/c1-18(2,3)24-17(22)20-13-9-8-12-19(20)15(16(21)23-4)14-10-6-5-7-11-14/h5-7,10-11,15H,8-9,12-13H2,1-4H3/t15-/m0/s1. The molecule has 6 heteroatoms. The topological polar surface area (TPSA) is 59.1 Å². The first kappa shape index (κ1) is 18.3. The maximum atomic E-state index is 12.6. The van der Waals surface area contributed by atoms with Gasteiger partial charge in [0, 0.05) is 13.1 Å². The van der Waals surface area contributed by atoms with Gasteiger partial charge in [-0.2, -0.15) is 5.01 Å². The van der Waals surface area contributed by atoms with Crippen LogP contribution in [0.2, 0.25) is 0 Å². The third-order valence-electron chi connectivity index (χ3n) is 3.76. The van der Waals surface area contributed by atoms with Crippen LogP contribution in [0.5, 0.6) is 0 Å². The van der Waals surface area contributed by atoms with Gasteiger partial charge in [-0.15, -0.1) is 0 Å². The highest BCUT2D eigenvalue weighted by molar-refractivity contribution is 5.78. The van der Waals surface area contributed by atoms with Gasteiger partial charge in [-0.3, -0.25) is 0 Å².